The molecule has 100 valence electrons. The van der Waals surface area contributed by atoms with Crippen LogP contribution in [0.25, 0.3) is 0 Å². The lowest BCUT2D eigenvalue weighted by molar-refractivity contribution is 0.590. The van der Waals surface area contributed by atoms with E-state index in [1.807, 2.05) is 0 Å². The number of aromatic nitrogens is 1. The van der Waals surface area contributed by atoms with Gasteiger partial charge in [-0.25, -0.2) is 4.98 Å². The van der Waals surface area contributed by atoms with Crippen molar-refractivity contribution in [2.75, 3.05) is 5.73 Å². The topological polar surface area (TPSA) is 38.9 Å². The van der Waals surface area contributed by atoms with Crippen molar-refractivity contribution in [2.45, 2.75) is 36.1 Å². The number of nitrogen functional groups attached to an aromatic ring is 1. The average molecular weight is 293 g/mol. The van der Waals surface area contributed by atoms with Crippen LogP contribution in [-0.2, 0) is 5.41 Å². The minimum absolute atomic E-state index is 0.167. The molecule has 0 amide bonds. The molecule has 19 heavy (non-hydrogen) atoms. The van der Waals surface area contributed by atoms with Gasteiger partial charge in [0.25, 0.3) is 0 Å². The minimum Gasteiger partial charge on any atom is -0.396 e. The first-order valence-corrected chi connectivity index (χ1v) is 7.25. The van der Waals surface area contributed by atoms with Crippen LogP contribution in [0.2, 0.25) is 5.02 Å². The van der Waals surface area contributed by atoms with Gasteiger partial charge >= 0.3 is 0 Å². The summed E-state index contributed by atoms with van der Waals surface area (Å²) < 4.78 is 0. The molecule has 1 aromatic carbocycles. The van der Waals surface area contributed by atoms with Crippen LogP contribution >= 0.6 is 23.4 Å². The van der Waals surface area contributed by atoms with Crippen molar-refractivity contribution < 1.29 is 0 Å². The van der Waals surface area contributed by atoms with Gasteiger partial charge in [0.2, 0.25) is 0 Å². The lowest BCUT2D eigenvalue weighted by Crippen LogP contribution is -2.10. The lowest BCUT2D eigenvalue weighted by atomic mass is 9.87. The molecule has 0 bridgehead atoms. The summed E-state index contributed by atoms with van der Waals surface area (Å²) in [6.07, 6.45) is 1.61. The zero-order chi connectivity index (χ0) is 14.0. The van der Waals surface area contributed by atoms with Crippen molar-refractivity contribution in [1.29, 1.82) is 0 Å². The van der Waals surface area contributed by atoms with Crippen molar-refractivity contribution in [1.82, 2.24) is 4.98 Å². The second kappa shape index (κ2) is 5.43. The zero-order valence-electron chi connectivity index (χ0n) is 11.3. The summed E-state index contributed by atoms with van der Waals surface area (Å²) in [7, 11) is 0. The number of hydrogen-bond acceptors (Lipinski definition) is 3. The highest BCUT2D eigenvalue weighted by Gasteiger charge is 2.13. The summed E-state index contributed by atoms with van der Waals surface area (Å²) in [6, 6.07) is 10.2. The third-order valence-electron chi connectivity index (χ3n) is 2.78. The number of nitrogens with two attached hydrogens (primary N) is 1. The van der Waals surface area contributed by atoms with Gasteiger partial charge in [0, 0.05) is 11.1 Å². The summed E-state index contributed by atoms with van der Waals surface area (Å²) >= 11 is 7.39. The SMILES string of the molecule is CC(C)(C)c1ccc(Sc2ncc(Cl)cc2N)cc1. The van der Waals surface area contributed by atoms with Gasteiger partial charge < -0.3 is 5.73 Å². The Labute approximate surface area is 123 Å². The minimum atomic E-state index is 0.167. The molecule has 2 rings (SSSR count). The normalized spacial score (nSPS) is 11.6. The summed E-state index contributed by atoms with van der Waals surface area (Å²) in [4.78, 5) is 5.37. The van der Waals surface area contributed by atoms with Crippen molar-refractivity contribution in [3.63, 3.8) is 0 Å². The monoisotopic (exact) mass is 292 g/mol. The van der Waals surface area contributed by atoms with Crippen molar-refractivity contribution in [3.05, 3.63) is 47.1 Å². The second-order valence-electron chi connectivity index (χ2n) is 5.42. The van der Waals surface area contributed by atoms with Gasteiger partial charge in [0.1, 0.15) is 5.03 Å². The number of hydrogen-bond donors (Lipinski definition) is 1. The molecule has 1 heterocycles. The van der Waals surface area contributed by atoms with E-state index in [9.17, 15) is 0 Å². The van der Waals surface area contributed by atoms with E-state index in [1.54, 1.807) is 24.0 Å². The fourth-order valence-corrected chi connectivity index (χ4v) is 2.61. The Morgan fingerprint density at radius 1 is 1.16 bits per heavy atom. The van der Waals surface area contributed by atoms with Gasteiger partial charge in [-0.1, -0.05) is 56.3 Å². The first-order chi connectivity index (χ1) is 8.86. The van der Waals surface area contributed by atoms with Crippen LogP contribution in [0.4, 0.5) is 5.69 Å². The number of anilines is 1. The van der Waals surface area contributed by atoms with Gasteiger partial charge in [-0.15, -0.1) is 0 Å². The fraction of sp³-hybridized carbons (Fsp3) is 0.267. The van der Waals surface area contributed by atoms with E-state index in [4.69, 9.17) is 17.3 Å². The molecule has 0 atom stereocenters. The standard InChI is InChI=1S/C15H17ClN2S/c1-15(2,3)10-4-6-12(7-5-10)19-14-13(17)8-11(16)9-18-14/h4-9H,17H2,1-3H3. The van der Waals surface area contributed by atoms with Gasteiger partial charge in [0.05, 0.1) is 10.7 Å². The largest absolute Gasteiger partial charge is 0.396 e. The lowest BCUT2D eigenvalue weighted by Gasteiger charge is -2.19. The second-order valence-corrected chi connectivity index (χ2v) is 6.92. The maximum absolute atomic E-state index is 5.90. The molecule has 0 aliphatic heterocycles. The van der Waals surface area contributed by atoms with E-state index in [2.05, 4.69) is 50.0 Å². The quantitative estimate of drug-likeness (QED) is 0.867. The third kappa shape index (κ3) is 3.64. The Balaban J connectivity index is 2.20. The Morgan fingerprint density at radius 3 is 2.32 bits per heavy atom. The number of halogens is 1. The summed E-state index contributed by atoms with van der Waals surface area (Å²) in [5.41, 5.74) is 7.99. The molecule has 0 aliphatic carbocycles. The smallest absolute Gasteiger partial charge is 0.124 e. The van der Waals surface area contributed by atoms with E-state index in [1.165, 1.54) is 5.56 Å². The predicted molar refractivity (Wildman–Crippen MR) is 82.9 cm³/mol. The maximum Gasteiger partial charge on any atom is 0.124 e. The molecule has 0 aliphatic rings. The Bertz CT molecular complexity index is 574. The molecule has 0 spiro atoms. The molecule has 1 aromatic heterocycles. The Hall–Kier alpha value is -1.19. The van der Waals surface area contributed by atoms with Crippen LogP contribution in [0.15, 0.2) is 46.5 Å². The highest BCUT2D eigenvalue weighted by molar-refractivity contribution is 7.99. The maximum atomic E-state index is 5.90. The summed E-state index contributed by atoms with van der Waals surface area (Å²) in [5.74, 6) is 0. The predicted octanol–water partition coefficient (Wildman–Crippen LogP) is 4.77. The first kappa shape index (κ1) is 14.2. The molecule has 2 nitrogen and oxygen atoms in total. The van der Waals surface area contributed by atoms with Gasteiger partial charge in [-0.3, -0.25) is 0 Å². The number of pyridine rings is 1. The van der Waals surface area contributed by atoms with Crippen LogP contribution in [0.5, 0.6) is 0 Å². The van der Waals surface area contributed by atoms with Crippen molar-refractivity contribution >= 4 is 29.1 Å². The molecular formula is C15H17ClN2S. The van der Waals surface area contributed by atoms with E-state index in [0.717, 1.165) is 9.92 Å². The number of nitrogens with zero attached hydrogens (tertiary/aromatic N) is 1. The summed E-state index contributed by atoms with van der Waals surface area (Å²) in [5, 5.41) is 1.35. The average Bonchev–Trinajstić information content (AvgIpc) is 2.32. The summed E-state index contributed by atoms with van der Waals surface area (Å²) in [6.45, 7) is 6.61. The van der Waals surface area contributed by atoms with Crippen LogP contribution in [0.3, 0.4) is 0 Å². The Morgan fingerprint density at radius 2 is 1.79 bits per heavy atom. The molecule has 0 saturated carbocycles. The fourth-order valence-electron chi connectivity index (χ4n) is 1.66. The molecule has 0 fully saturated rings. The van der Waals surface area contributed by atoms with Gasteiger partial charge in [-0.2, -0.15) is 0 Å². The van der Waals surface area contributed by atoms with Crippen molar-refractivity contribution in [2.24, 2.45) is 0 Å². The molecular weight excluding hydrogens is 276 g/mol. The molecule has 0 radical (unpaired) electrons. The van der Waals surface area contributed by atoms with Crippen molar-refractivity contribution in [3.8, 4) is 0 Å². The van der Waals surface area contributed by atoms with Crippen LogP contribution in [-0.4, -0.2) is 4.98 Å². The van der Waals surface area contributed by atoms with Crippen LogP contribution < -0.4 is 5.73 Å². The van der Waals surface area contributed by atoms with E-state index >= 15 is 0 Å². The molecule has 0 saturated heterocycles. The van der Waals surface area contributed by atoms with E-state index in [-0.39, 0.29) is 5.41 Å². The highest BCUT2D eigenvalue weighted by Crippen LogP contribution is 2.32. The van der Waals surface area contributed by atoms with Crippen LogP contribution in [0, 0.1) is 0 Å². The molecule has 4 heteroatoms. The number of benzene rings is 1. The van der Waals surface area contributed by atoms with E-state index in [0.29, 0.717) is 10.7 Å². The highest BCUT2D eigenvalue weighted by atomic mass is 35.5. The Kier molecular flexibility index (Phi) is 4.07. The zero-order valence-corrected chi connectivity index (χ0v) is 12.8. The molecule has 0 unspecified atom stereocenters. The molecule has 2 aromatic rings. The van der Waals surface area contributed by atoms with Gasteiger partial charge in [-0.05, 0) is 29.2 Å². The first-order valence-electron chi connectivity index (χ1n) is 6.06. The molecule has 2 N–H and O–H groups in total. The number of rotatable bonds is 2. The van der Waals surface area contributed by atoms with Crippen LogP contribution in [0.1, 0.15) is 26.3 Å². The third-order valence-corrected chi connectivity index (χ3v) is 4.03. The van der Waals surface area contributed by atoms with Gasteiger partial charge in [0.15, 0.2) is 0 Å². The van der Waals surface area contributed by atoms with E-state index < -0.39 is 0 Å².